The highest BCUT2D eigenvalue weighted by Gasteiger charge is 2.26. The van der Waals surface area contributed by atoms with Crippen LogP contribution in [0, 0.1) is 0 Å². The van der Waals surface area contributed by atoms with Gasteiger partial charge in [-0.15, -0.1) is 0 Å². The molecular formula is C14H19ClN2O2. The first-order valence-electron chi connectivity index (χ1n) is 6.50. The van der Waals surface area contributed by atoms with Crippen LogP contribution in [0.3, 0.4) is 0 Å². The van der Waals surface area contributed by atoms with Gasteiger partial charge in [-0.05, 0) is 43.9 Å². The topological polar surface area (TPSA) is 66.6 Å². The zero-order valence-electron chi connectivity index (χ0n) is 11.0. The van der Waals surface area contributed by atoms with Crippen LogP contribution in [0.15, 0.2) is 18.2 Å². The van der Waals surface area contributed by atoms with Crippen molar-refractivity contribution < 1.29 is 9.90 Å². The standard InChI is InChI=1S/C14H19ClN2O2/c1-17(10-4-2-9(16)3-5-10)14(19)12-8-11(18)6-7-13(12)15/h6-10,18H,2-5,16H2,1H3. The lowest BCUT2D eigenvalue weighted by Gasteiger charge is -2.33. The molecule has 0 aromatic heterocycles. The fourth-order valence-corrected chi connectivity index (χ4v) is 2.72. The molecule has 0 saturated heterocycles. The number of hydrogen-bond acceptors (Lipinski definition) is 3. The van der Waals surface area contributed by atoms with Crippen LogP contribution in [0.4, 0.5) is 0 Å². The number of aromatic hydroxyl groups is 1. The summed E-state index contributed by atoms with van der Waals surface area (Å²) in [5.41, 5.74) is 6.22. The Morgan fingerprint density at radius 1 is 1.37 bits per heavy atom. The summed E-state index contributed by atoms with van der Waals surface area (Å²) in [5.74, 6) is -0.104. The van der Waals surface area contributed by atoms with Gasteiger partial charge in [-0.3, -0.25) is 4.79 Å². The molecule has 3 N–H and O–H groups in total. The lowest BCUT2D eigenvalue weighted by molar-refractivity contribution is 0.0689. The van der Waals surface area contributed by atoms with Crippen LogP contribution in [0.1, 0.15) is 36.0 Å². The van der Waals surface area contributed by atoms with Crippen molar-refractivity contribution in [3.63, 3.8) is 0 Å². The van der Waals surface area contributed by atoms with Crippen molar-refractivity contribution in [2.24, 2.45) is 5.73 Å². The van der Waals surface area contributed by atoms with Gasteiger partial charge in [0, 0.05) is 19.1 Å². The third kappa shape index (κ3) is 3.19. The van der Waals surface area contributed by atoms with Crippen LogP contribution in [0.25, 0.3) is 0 Å². The van der Waals surface area contributed by atoms with Gasteiger partial charge in [0.25, 0.3) is 5.91 Å². The highest BCUT2D eigenvalue weighted by atomic mass is 35.5. The van der Waals surface area contributed by atoms with E-state index in [1.54, 1.807) is 11.9 Å². The molecule has 1 saturated carbocycles. The quantitative estimate of drug-likeness (QED) is 0.875. The van der Waals surface area contributed by atoms with Crippen molar-refractivity contribution in [1.29, 1.82) is 0 Å². The summed E-state index contributed by atoms with van der Waals surface area (Å²) in [4.78, 5) is 14.1. The van der Waals surface area contributed by atoms with E-state index in [1.807, 2.05) is 0 Å². The highest BCUT2D eigenvalue weighted by molar-refractivity contribution is 6.33. The average molecular weight is 283 g/mol. The van der Waals surface area contributed by atoms with Crippen LogP contribution in [-0.2, 0) is 0 Å². The van der Waals surface area contributed by atoms with E-state index in [-0.39, 0.29) is 23.7 Å². The van der Waals surface area contributed by atoms with E-state index in [0.717, 1.165) is 25.7 Å². The number of halogens is 1. The normalized spacial score (nSPS) is 23.1. The van der Waals surface area contributed by atoms with Gasteiger partial charge in [0.2, 0.25) is 0 Å². The number of phenols is 1. The van der Waals surface area contributed by atoms with Crippen LogP contribution in [0.2, 0.25) is 5.02 Å². The lowest BCUT2D eigenvalue weighted by atomic mass is 9.90. The van der Waals surface area contributed by atoms with Gasteiger partial charge < -0.3 is 15.7 Å². The summed E-state index contributed by atoms with van der Waals surface area (Å²) in [6.45, 7) is 0. The van der Waals surface area contributed by atoms with Crippen molar-refractivity contribution in [1.82, 2.24) is 4.90 Å². The number of nitrogens with two attached hydrogens (primary N) is 1. The molecule has 0 aliphatic heterocycles. The minimum Gasteiger partial charge on any atom is -0.508 e. The zero-order valence-corrected chi connectivity index (χ0v) is 11.7. The van der Waals surface area contributed by atoms with Gasteiger partial charge in [0.05, 0.1) is 10.6 Å². The monoisotopic (exact) mass is 282 g/mol. The van der Waals surface area contributed by atoms with Gasteiger partial charge >= 0.3 is 0 Å². The van der Waals surface area contributed by atoms with E-state index < -0.39 is 0 Å². The first kappa shape index (κ1) is 14.2. The molecule has 4 nitrogen and oxygen atoms in total. The summed E-state index contributed by atoms with van der Waals surface area (Å²) in [7, 11) is 1.78. The summed E-state index contributed by atoms with van der Waals surface area (Å²) in [6.07, 6.45) is 3.71. The largest absolute Gasteiger partial charge is 0.508 e. The number of nitrogens with zero attached hydrogens (tertiary/aromatic N) is 1. The summed E-state index contributed by atoms with van der Waals surface area (Å²) >= 11 is 6.02. The Kier molecular flexibility index (Phi) is 4.32. The van der Waals surface area contributed by atoms with Crippen molar-refractivity contribution in [2.45, 2.75) is 37.8 Å². The zero-order chi connectivity index (χ0) is 14.0. The molecule has 1 aromatic carbocycles. The Balaban J connectivity index is 2.12. The number of hydrogen-bond donors (Lipinski definition) is 2. The number of benzene rings is 1. The fraction of sp³-hybridized carbons (Fsp3) is 0.500. The Labute approximate surface area is 118 Å². The van der Waals surface area contributed by atoms with E-state index in [0.29, 0.717) is 10.6 Å². The lowest BCUT2D eigenvalue weighted by Crippen LogP contribution is -2.41. The number of amides is 1. The molecule has 19 heavy (non-hydrogen) atoms. The second kappa shape index (κ2) is 5.80. The van der Waals surface area contributed by atoms with Gasteiger partial charge in [0.1, 0.15) is 5.75 Å². The molecule has 0 radical (unpaired) electrons. The van der Waals surface area contributed by atoms with Gasteiger partial charge in [0.15, 0.2) is 0 Å². The first-order valence-corrected chi connectivity index (χ1v) is 6.88. The van der Waals surface area contributed by atoms with E-state index in [1.165, 1.54) is 18.2 Å². The average Bonchev–Trinajstić information content (AvgIpc) is 2.41. The van der Waals surface area contributed by atoms with Crippen molar-refractivity contribution >= 4 is 17.5 Å². The minimum atomic E-state index is -0.152. The van der Waals surface area contributed by atoms with Crippen LogP contribution >= 0.6 is 11.6 Å². The molecule has 1 aliphatic carbocycles. The Morgan fingerprint density at radius 3 is 2.63 bits per heavy atom. The minimum absolute atomic E-state index is 0.0480. The van der Waals surface area contributed by atoms with E-state index in [2.05, 4.69) is 0 Å². The van der Waals surface area contributed by atoms with Crippen LogP contribution < -0.4 is 5.73 Å². The molecule has 2 rings (SSSR count). The second-order valence-corrected chi connectivity index (χ2v) is 5.56. The molecule has 1 aromatic rings. The van der Waals surface area contributed by atoms with Crippen molar-refractivity contribution in [3.05, 3.63) is 28.8 Å². The number of carbonyl (C=O) groups is 1. The van der Waals surface area contributed by atoms with Crippen LogP contribution in [0.5, 0.6) is 5.75 Å². The molecule has 0 spiro atoms. The van der Waals surface area contributed by atoms with E-state index in [9.17, 15) is 9.90 Å². The molecular weight excluding hydrogens is 264 g/mol. The predicted octanol–water partition coefficient (Wildman–Crippen LogP) is 2.39. The Hall–Kier alpha value is -1.26. The molecule has 5 heteroatoms. The van der Waals surface area contributed by atoms with E-state index in [4.69, 9.17) is 17.3 Å². The SMILES string of the molecule is CN(C(=O)c1cc(O)ccc1Cl)C1CCC(N)CC1. The van der Waals surface area contributed by atoms with E-state index >= 15 is 0 Å². The smallest absolute Gasteiger partial charge is 0.255 e. The van der Waals surface area contributed by atoms with Gasteiger partial charge in [-0.25, -0.2) is 0 Å². The summed E-state index contributed by atoms with van der Waals surface area (Å²) in [5, 5.41) is 9.83. The molecule has 0 unspecified atom stereocenters. The second-order valence-electron chi connectivity index (χ2n) is 5.15. The third-order valence-corrected chi connectivity index (χ3v) is 4.12. The number of rotatable bonds is 2. The molecule has 0 atom stereocenters. The Bertz CT molecular complexity index is 471. The maximum atomic E-state index is 12.4. The molecule has 104 valence electrons. The molecule has 1 fully saturated rings. The van der Waals surface area contributed by atoms with Crippen molar-refractivity contribution in [3.8, 4) is 5.75 Å². The molecule has 0 bridgehead atoms. The third-order valence-electron chi connectivity index (χ3n) is 3.79. The maximum absolute atomic E-state index is 12.4. The molecule has 1 amide bonds. The summed E-state index contributed by atoms with van der Waals surface area (Å²) < 4.78 is 0. The highest BCUT2D eigenvalue weighted by Crippen LogP contribution is 2.26. The first-order chi connectivity index (χ1) is 8.99. The van der Waals surface area contributed by atoms with Gasteiger partial charge in [-0.1, -0.05) is 11.6 Å². The fourth-order valence-electron chi connectivity index (χ4n) is 2.52. The summed E-state index contributed by atoms with van der Waals surface area (Å²) in [6, 6.07) is 4.87. The molecule has 0 heterocycles. The maximum Gasteiger partial charge on any atom is 0.255 e. The van der Waals surface area contributed by atoms with Crippen LogP contribution in [-0.4, -0.2) is 35.0 Å². The number of phenolic OH excluding ortho intramolecular Hbond substituents is 1. The Morgan fingerprint density at radius 2 is 2.00 bits per heavy atom. The number of carbonyl (C=O) groups excluding carboxylic acids is 1. The van der Waals surface area contributed by atoms with Crippen molar-refractivity contribution in [2.75, 3.05) is 7.05 Å². The predicted molar refractivity (Wildman–Crippen MR) is 75.4 cm³/mol. The van der Waals surface area contributed by atoms with Gasteiger partial charge in [-0.2, -0.15) is 0 Å². The molecule has 1 aliphatic rings.